The summed E-state index contributed by atoms with van der Waals surface area (Å²) in [5, 5.41) is 2.43. The van der Waals surface area contributed by atoms with Crippen LogP contribution in [0.4, 0.5) is 18.9 Å². The first kappa shape index (κ1) is 18.3. The highest BCUT2D eigenvalue weighted by Crippen LogP contribution is 2.28. The average molecular weight is 383 g/mol. The number of benzene rings is 2. The highest BCUT2D eigenvalue weighted by Gasteiger charge is 2.35. The van der Waals surface area contributed by atoms with E-state index < -0.39 is 29.3 Å². The zero-order chi connectivity index (χ0) is 18.8. The molecule has 2 aromatic carbocycles. The van der Waals surface area contributed by atoms with Gasteiger partial charge < -0.3 is 10.2 Å². The molecule has 1 unspecified atom stereocenters. The van der Waals surface area contributed by atoms with Crippen molar-refractivity contribution in [2.45, 2.75) is 13.0 Å². The molecule has 0 bridgehead atoms. The molecule has 2 amide bonds. The second-order valence-electron chi connectivity index (χ2n) is 5.96. The van der Waals surface area contributed by atoms with Crippen molar-refractivity contribution in [3.8, 4) is 0 Å². The summed E-state index contributed by atoms with van der Waals surface area (Å²) in [6.45, 7) is -0.00343. The van der Waals surface area contributed by atoms with Crippen LogP contribution in [0.5, 0.6) is 0 Å². The second-order valence-corrected chi connectivity index (χ2v) is 6.36. The Balaban J connectivity index is 1.64. The molecule has 0 saturated carbocycles. The molecule has 1 fully saturated rings. The van der Waals surface area contributed by atoms with Crippen LogP contribution in [0.25, 0.3) is 0 Å². The van der Waals surface area contributed by atoms with Gasteiger partial charge in [-0.15, -0.1) is 0 Å². The van der Waals surface area contributed by atoms with Crippen molar-refractivity contribution >= 4 is 29.1 Å². The van der Waals surface area contributed by atoms with Crippen molar-refractivity contribution in [3.63, 3.8) is 0 Å². The molecule has 1 N–H and O–H groups in total. The molecule has 136 valence electrons. The normalized spacial score (nSPS) is 16.8. The van der Waals surface area contributed by atoms with Gasteiger partial charge in [0, 0.05) is 36.8 Å². The van der Waals surface area contributed by atoms with Crippen LogP contribution in [-0.2, 0) is 16.1 Å². The number of carbonyl (C=O) groups excluding carboxylic acids is 2. The molecule has 3 rings (SSSR count). The lowest BCUT2D eigenvalue weighted by Gasteiger charge is -2.17. The van der Waals surface area contributed by atoms with Crippen LogP contribution in [0.2, 0.25) is 5.02 Å². The van der Waals surface area contributed by atoms with E-state index in [1.54, 1.807) is 0 Å². The van der Waals surface area contributed by atoms with Crippen LogP contribution in [0.3, 0.4) is 0 Å². The van der Waals surface area contributed by atoms with Crippen LogP contribution in [0.1, 0.15) is 12.0 Å². The fourth-order valence-electron chi connectivity index (χ4n) is 2.78. The molecular formula is C18H14ClF3N2O2. The predicted octanol–water partition coefficient (Wildman–Crippen LogP) is 3.43. The van der Waals surface area contributed by atoms with E-state index in [4.69, 9.17) is 11.6 Å². The number of rotatable bonds is 4. The van der Waals surface area contributed by atoms with Gasteiger partial charge in [0.25, 0.3) is 0 Å². The standard InChI is InChI=1S/C18H14ClF3N2O2/c19-14-7-13(3-4-15(14)21)24-9-11(5-17(24)25)18(26)23-8-10-1-2-12(20)6-16(10)22/h1-4,6-7,11H,5,8-9H2,(H,23,26). The van der Waals surface area contributed by atoms with E-state index in [1.807, 2.05) is 0 Å². The number of hydrogen-bond donors (Lipinski definition) is 1. The van der Waals surface area contributed by atoms with E-state index in [2.05, 4.69) is 5.32 Å². The van der Waals surface area contributed by atoms with E-state index in [0.717, 1.165) is 18.2 Å². The van der Waals surface area contributed by atoms with Crippen LogP contribution in [0, 0.1) is 23.4 Å². The topological polar surface area (TPSA) is 49.4 Å². The summed E-state index contributed by atoms with van der Waals surface area (Å²) < 4.78 is 39.7. The lowest BCUT2D eigenvalue weighted by molar-refractivity contribution is -0.126. The molecule has 1 heterocycles. The average Bonchev–Trinajstić information content (AvgIpc) is 2.98. The highest BCUT2D eigenvalue weighted by molar-refractivity contribution is 6.31. The highest BCUT2D eigenvalue weighted by atomic mass is 35.5. The number of halogens is 4. The van der Waals surface area contributed by atoms with Crippen LogP contribution in [0.15, 0.2) is 36.4 Å². The first-order chi connectivity index (χ1) is 12.3. The lowest BCUT2D eigenvalue weighted by atomic mass is 10.1. The Hall–Kier alpha value is -2.54. The van der Waals surface area contributed by atoms with Crippen molar-refractivity contribution in [1.82, 2.24) is 5.32 Å². The van der Waals surface area contributed by atoms with Gasteiger partial charge in [-0.3, -0.25) is 9.59 Å². The molecule has 1 aliphatic heterocycles. The fraction of sp³-hybridized carbons (Fsp3) is 0.222. The number of amides is 2. The van der Waals surface area contributed by atoms with Gasteiger partial charge in [-0.05, 0) is 24.3 Å². The van der Waals surface area contributed by atoms with Crippen molar-refractivity contribution in [2.75, 3.05) is 11.4 Å². The third-order valence-corrected chi connectivity index (χ3v) is 4.47. The Labute approximate surface area is 152 Å². The molecule has 0 spiro atoms. The van der Waals surface area contributed by atoms with E-state index in [0.29, 0.717) is 5.69 Å². The number of hydrogen-bond acceptors (Lipinski definition) is 2. The number of nitrogens with one attached hydrogen (secondary N) is 1. The summed E-state index contributed by atoms with van der Waals surface area (Å²) >= 11 is 5.73. The maximum atomic E-state index is 13.6. The maximum absolute atomic E-state index is 13.6. The Morgan fingerprint density at radius 2 is 1.92 bits per heavy atom. The Bertz CT molecular complexity index is 876. The number of anilines is 1. The molecule has 1 aliphatic rings. The van der Waals surface area contributed by atoms with E-state index in [1.165, 1.54) is 23.1 Å². The summed E-state index contributed by atoms with van der Waals surface area (Å²) in [4.78, 5) is 25.8. The third-order valence-electron chi connectivity index (χ3n) is 4.18. The Morgan fingerprint density at radius 3 is 2.62 bits per heavy atom. The summed E-state index contributed by atoms with van der Waals surface area (Å²) in [5.41, 5.74) is 0.549. The molecule has 1 atom stereocenters. The minimum atomic E-state index is -0.754. The van der Waals surface area contributed by atoms with Crippen LogP contribution >= 0.6 is 11.6 Å². The van der Waals surface area contributed by atoms with E-state index >= 15 is 0 Å². The SMILES string of the molecule is O=C(NCc1ccc(F)cc1F)C1CC(=O)N(c2ccc(F)c(Cl)c2)C1. The van der Waals surface area contributed by atoms with Gasteiger partial charge in [-0.2, -0.15) is 0 Å². The molecule has 0 aromatic heterocycles. The van der Waals surface area contributed by atoms with Gasteiger partial charge >= 0.3 is 0 Å². The van der Waals surface area contributed by atoms with Gasteiger partial charge in [-0.1, -0.05) is 17.7 Å². The molecular weight excluding hydrogens is 369 g/mol. The van der Waals surface area contributed by atoms with Crippen molar-refractivity contribution in [1.29, 1.82) is 0 Å². The molecule has 1 saturated heterocycles. The number of carbonyl (C=O) groups is 2. The molecule has 0 aliphatic carbocycles. The summed E-state index contributed by atoms with van der Waals surface area (Å²) in [5.74, 6) is -3.39. The van der Waals surface area contributed by atoms with Crippen molar-refractivity contribution in [2.24, 2.45) is 5.92 Å². The maximum Gasteiger partial charge on any atom is 0.227 e. The molecule has 8 heteroatoms. The lowest BCUT2D eigenvalue weighted by Crippen LogP contribution is -2.32. The summed E-state index contributed by atoms with van der Waals surface area (Å²) in [6.07, 6.45) is -0.0211. The summed E-state index contributed by atoms with van der Waals surface area (Å²) in [6, 6.07) is 6.97. The predicted molar refractivity (Wildman–Crippen MR) is 90.1 cm³/mol. The molecule has 0 radical (unpaired) electrons. The van der Waals surface area contributed by atoms with Gasteiger partial charge in [0.15, 0.2) is 0 Å². The minimum Gasteiger partial charge on any atom is -0.352 e. The van der Waals surface area contributed by atoms with Crippen molar-refractivity contribution in [3.05, 3.63) is 64.4 Å². The fourth-order valence-corrected chi connectivity index (χ4v) is 2.95. The monoisotopic (exact) mass is 382 g/mol. The zero-order valence-electron chi connectivity index (χ0n) is 13.4. The van der Waals surface area contributed by atoms with Crippen LogP contribution in [-0.4, -0.2) is 18.4 Å². The largest absolute Gasteiger partial charge is 0.352 e. The Morgan fingerprint density at radius 1 is 1.15 bits per heavy atom. The van der Waals surface area contributed by atoms with Gasteiger partial charge in [0.2, 0.25) is 11.8 Å². The van der Waals surface area contributed by atoms with Crippen LogP contribution < -0.4 is 10.2 Å². The van der Waals surface area contributed by atoms with Gasteiger partial charge in [0.05, 0.1) is 10.9 Å². The number of nitrogens with zero attached hydrogens (tertiary/aromatic N) is 1. The van der Waals surface area contributed by atoms with Crippen molar-refractivity contribution < 1.29 is 22.8 Å². The smallest absolute Gasteiger partial charge is 0.227 e. The van der Waals surface area contributed by atoms with Gasteiger partial charge in [0.1, 0.15) is 17.5 Å². The Kier molecular flexibility index (Phi) is 5.18. The molecule has 4 nitrogen and oxygen atoms in total. The first-order valence-electron chi connectivity index (χ1n) is 7.82. The molecule has 26 heavy (non-hydrogen) atoms. The first-order valence-corrected chi connectivity index (χ1v) is 8.20. The second kappa shape index (κ2) is 7.37. The summed E-state index contributed by atoms with van der Waals surface area (Å²) in [7, 11) is 0. The molecule has 2 aromatic rings. The third kappa shape index (κ3) is 3.83. The van der Waals surface area contributed by atoms with E-state index in [9.17, 15) is 22.8 Å². The minimum absolute atomic E-state index is 0.0211. The quantitative estimate of drug-likeness (QED) is 0.880. The van der Waals surface area contributed by atoms with Gasteiger partial charge in [-0.25, -0.2) is 13.2 Å². The zero-order valence-corrected chi connectivity index (χ0v) is 14.2. The van der Waals surface area contributed by atoms with E-state index in [-0.39, 0.29) is 36.0 Å².